The average Bonchev–Trinajstić information content (AvgIpc) is 3.03. The normalized spacial score (nSPS) is 36.8. The fourth-order valence-corrected chi connectivity index (χ4v) is 8.42. The van der Waals surface area contributed by atoms with Crippen LogP contribution in [0.3, 0.4) is 0 Å². The molecule has 0 aromatic heterocycles. The lowest BCUT2D eigenvalue weighted by molar-refractivity contribution is -0.147. The summed E-state index contributed by atoms with van der Waals surface area (Å²) in [7, 11) is 0. The van der Waals surface area contributed by atoms with Gasteiger partial charge in [0.1, 0.15) is 6.04 Å². The van der Waals surface area contributed by atoms with E-state index in [1.165, 1.54) is 0 Å². The Kier molecular flexibility index (Phi) is 6.46. The SMILES string of the molecule is CCCN1CC=C[C@@]2(C)S[C@]34C=CCN(C(C)C)C(=O)C3N([C@@H](CC)CO)C(=O)[C@@H]4[C@H]2C1=O. The highest BCUT2D eigenvalue weighted by molar-refractivity contribution is 8.02. The van der Waals surface area contributed by atoms with Crippen LogP contribution < -0.4 is 0 Å². The van der Waals surface area contributed by atoms with Crippen molar-refractivity contribution in [2.75, 3.05) is 26.2 Å². The fraction of sp³-hybridized carbons (Fsp3) is 0.720. The first-order chi connectivity index (χ1) is 15.7. The number of aliphatic hydroxyl groups excluding tert-OH is 1. The van der Waals surface area contributed by atoms with Gasteiger partial charge in [-0.25, -0.2) is 0 Å². The van der Waals surface area contributed by atoms with Gasteiger partial charge in [-0.3, -0.25) is 14.4 Å². The van der Waals surface area contributed by atoms with Crippen molar-refractivity contribution in [1.82, 2.24) is 14.7 Å². The van der Waals surface area contributed by atoms with E-state index in [9.17, 15) is 19.5 Å². The summed E-state index contributed by atoms with van der Waals surface area (Å²) in [4.78, 5) is 47.3. The fourth-order valence-electron chi connectivity index (χ4n) is 6.27. The third kappa shape index (κ3) is 3.47. The number of hydrogen-bond acceptors (Lipinski definition) is 5. The molecule has 0 aromatic rings. The lowest BCUT2D eigenvalue weighted by Crippen LogP contribution is -2.57. The Bertz CT molecular complexity index is 885. The first-order valence-electron chi connectivity index (χ1n) is 12.2. The van der Waals surface area contributed by atoms with Gasteiger partial charge >= 0.3 is 0 Å². The van der Waals surface area contributed by atoms with Crippen LogP contribution in [-0.4, -0.2) is 91.4 Å². The smallest absolute Gasteiger partial charge is 0.247 e. The Morgan fingerprint density at radius 1 is 1.06 bits per heavy atom. The molecule has 6 atom stereocenters. The van der Waals surface area contributed by atoms with Crippen molar-refractivity contribution in [2.45, 2.75) is 75.1 Å². The quantitative estimate of drug-likeness (QED) is 0.595. The number of amides is 3. The van der Waals surface area contributed by atoms with Crippen molar-refractivity contribution in [3.8, 4) is 0 Å². The maximum absolute atomic E-state index is 14.2. The van der Waals surface area contributed by atoms with Crippen LogP contribution in [0.2, 0.25) is 0 Å². The Balaban J connectivity index is 1.90. The number of hydrogen-bond donors (Lipinski definition) is 1. The first kappa shape index (κ1) is 24.3. The summed E-state index contributed by atoms with van der Waals surface area (Å²) in [5.41, 5.74) is 0. The number of carbonyl (C=O) groups excluding carboxylic acids is 3. The minimum atomic E-state index is -0.838. The average molecular weight is 476 g/mol. The molecule has 182 valence electrons. The Morgan fingerprint density at radius 2 is 1.76 bits per heavy atom. The maximum atomic E-state index is 14.2. The summed E-state index contributed by atoms with van der Waals surface area (Å²) in [6.45, 7) is 11.4. The summed E-state index contributed by atoms with van der Waals surface area (Å²) in [5, 5.41) is 10.1. The molecule has 1 spiro atoms. The highest BCUT2D eigenvalue weighted by Gasteiger charge is 2.74. The van der Waals surface area contributed by atoms with E-state index in [1.807, 2.05) is 57.7 Å². The van der Waals surface area contributed by atoms with E-state index in [1.54, 1.807) is 21.6 Å². The second-order valence-corrected chi connectivity index (χ2v) is 12.0. The van der Waals surface area contributed by atoms with Crippen molar-refractivity contribution in [1.29, 1.82) is 0 Å². The molecule has 3 amide bonds. The van der Waals surface area contributed by atoms with Crippen LogP contribution >= 0.6 is 11.8 Å². The number of rotatable bonds is 6. The highest BCUT2D eigenvalue weighted by Crippen LogP contribution is 2.65. The minimum absolute atomic E-state index is 0.00414. The molecule has 33 heavy (non-hydrogen) atoms. The van der Waals surface area contributed by atoms with Gasteiger partial charge in [-0.05, 0) is 33.6 Å². The zero-order valence-corrected chi connectivity index (χ0v) is 21.2. The van der Waals surface area contributed by atoms with Crippen molar-refractivity contribution < 1.29 is 19.5 Å². The van der Waals surface area contributed by atoms with Crippen LogP contribution in [0.4, 0.5) is 0 Å². The summed E-state index contributed by atoms with van der Waals surface area (Å²) >= 11 is 1.60. The molecule has 4 aliphatic rings. The predicted molar refractivity (Wildman–Crippen MR) is 130 cm³/mol. The number of carbonyl (C=O) groups is 3. The molecule has 0 aliphatic carbocycles. The summed E-state index contributed by atoms with van der Waals surface area (Å²) < 4.78 is -1.42. The number of fused-ring (bicyclic) bond motifs is 2. The molecule has 8 heteroatoms. The van der Waals surface area contributed by atoms with Gasteiger partial charge in [0.2, 0.25) is 17.7 Å². The standard InChI is InChI=1S/C25H37N3O4S/c1-6-12-26-13-8-10-24(5)18(21(26)30)19-22(31)28(17(7-2)15-29)20-23(32)27(16(3)4)14-9-11-25(19,20)33-24/h8-11,16-20,29H,6-7,12-15H2,1-5H3/t17-,18-,19-,20?,24+,25-/m0/s1. The molecule has 0 bridgehead atoms. The maximum Gasteiger partial charge on any atom is 0.247 e. The molecule has 1 N–H and O–H groups in total. The number of nitrogens with zero attached hydrogens (tertiary/aromatic N) is 3. The molecule has 0 aromatic carbocycles. The van der Waals surface area contributed by atoms with E-state index in [-0.39, 0.29) is 30.4 Å². The van der Waals surface area contributed by atoms with E-state index < -0.39 is 33.4 Å². The van der Waals surface area contributed by atoms with Crippen molar-refractivity contribution in [3.63, 3.8) is 0 Å². The van der Waals surface area contributed by atoms with Crippen molar-refractivity contribution in [3.05, 3.63) is 24.3 Å². The van der Waals surface area contributed by atoms with Crippen LogP contribution in [0.15, 0.2) is 24.3 Å². The molecule has 1 unspecified atom stereocenters. The van der Waals surface area contributed by atoms with Crippen LogP contribution in [-0.2, 0) is 14.4 Å². The van der Waals surface area contributed by atoms with Gasteiger partial charge in [0.25, 0.3) is 0 Å². The van der Waals surface area contributed by atoms with Gasteiger partial charge in [-0.1, -0.05) is 38.2 Å². The lowest BCUT2D eigenvalue weighted by Gasteiger charge is -2.40. The van der Waals surface area contributed by atoms with E-state index in [0.29, 0.717) is 26.1 Å². The number of thioether (sulfide) groups is 1. The lowest BCUT2D eigenvalue weighted by atomic mass is 9.74. The van der Waals surface area contributed by atoms with Gasteiger partial charge in [0.05, 0.1) is 29.2 Å². The van der Waals surface area contributed by atoms with Gasteiger partial charge in [-0.15, -0.1) is 11.8 Å². The largest absolute Gasteiger partial charge is 0.394 e. The van der Waals surface area contributed by atoms with Crippen molar-refractivity contribution in [2.24, 2.45) is 11.8 Å². The van der Waals surface area contributed by atoms with E-state index >= 15 is 0 Å². The van der Waals surface area contributed by atoms with Crippen molar-refractivity contribution >= 4 is 29.5 Å². The van der Waals surface area contributed by atoms with Gasteiger partial charge in [-0.2, -0.15) is 0 Å². The third-order valence-corrected chi connectivity index (χ3v) is 9.60. The molecule has 0 saturated carbocycles. The topological polar surface area (TPSA) is 81.2 Å². The molecule has 4 heterocycles. The Morgan fingerprint density at radius 3 is 2.36 bits per heavy atom. The monoisotopic (exact) mass is 475 g/mol. The number of likely N-dealkylation sites (tertiary alicyclic amines) is 1. The zero-order chi connectivity index (χ0) is 24.1. The second-order valence-electron chi connectivity index (χ2n) is 10.2. The van der Waals surface area contributed by atoms with Crippen LogP contribution in [0.5, 0.6) is 0 Å². The van der Waals surface area contributed by atoms with Crippen LogP contribution in [0.1, 0.15) is 47.5 Å². The molecule has 2 saturated heterocycles. The summed E-state index contributed by atoms with van der Waals surface area (Å²) in [6, 6.07) is -1.20. The summed E-state index contributed by atoms with van der Waals surface area (Å²) in [5.74, 6) is -1.46. The summed E-state index contributed by atoms with van der Waals surface area (Å²) in [6.07, 6.45) is 9.56. The van der Waals surface area contributed by atoms with Gasteiger partial charge in [0, 0.05) is 30.4 Å². The first-order valence-corrected chi connectivity index (χ1v) is 13.1. The molecule has 4 rings (SSSR count). The Labute approximate surface area is 201 Å². The van der Waals surface area contributed by atoms with E-state index in [2.05, 4.69) is 6.08 Å². The Hall–Kier alpha value is -1.80. The molecule has 2 fully saturated rings. The minimum Gasteiger partial charge on any atom is -0.394 e. The molecule has 4 aliphatic heterocycles. The van der Waals surface area contributed by atoms with Crippen LogP contribution in [0, 0.1) is 11.8 Å². The van der Waals surface area contributed by atoms with E-state index in [4.69, 9.17) is 0 Å². The molecule has 0 radical (unpaired) electrons. The molecule has 7 nitrogen and oxygen atoms in total. The molecular formula is C25H37N3O4S. The zero-order valence-electron chi connectivity index (χ0n) is 20.4. The second kappa shape index (κ2) is 8.77. The van der Waals surface area contributed by atoms with Gasteiger partial charge in [0.15, 0.2) is 0 Å². The van der Waals surface area contributed by atoms with E-state index in [0.717, 1.165) is 6.42 Å². The predicted octanol–water partition coefficient (Wildman–Crippen LogP) is 2.06. The third-order valence-electron chi connectivity index (χ3n) is 7.80. The highest BCUT2D eigenvalue weighted by atomic mass is 32.2. The number of aliphatic hydroxyl groups is 1. The molecular weight excluding hydrogens is 438 g/mol. The van der Waals surface area contributed by atoms with Crippen LogP contribution in [0.25, 0.3) is 0 Å². The van der Waals surface area contributed by atoms with Gasteiger partial charge < -0.3 is 19.8 Å².